The van der Waals surface area contributed by atoms with Gasteiger partial charge in [0.1, 0.15) is 0 Å². The third kappa shape index (κ3) is 35.0. The number of carbonyl (C=O) groups excluding carboxylic acids is 3. The first-order chi connectivity index (χ1) is 31.7. The third-order valence-corrected chi connectivity index (χ3v) is 13.1. The molecule has 12 heteroatoms. The summed E-state index contributed by atoms with van der Waals surface area (Å²) in [4.78, 5) is 38.2. The van der Waals surface area contributed by atoms with Crippen LogP contribution in [-0.4, -0.2) is 135 Å². The number of carbonyl (C=O) groups is 3. The summed E-state index contributed by atoms with van der Waals surface area (Å²) in [5.74, 6) is 0.755. The first-order valence-electron chi connectivity index (χ1n) is 27.7. The van der Waals surface area contributed by atoms with E-state index >= 15 is 0 Å². The molecular weight excluding hydrogens is 841 g/mol. The van der Waals surface area contributed by atoms with Gasteiger partial charge in [-0.15, -0.1) is 0 Å². The number of rotatable bonds is 12. The van der Waals surface area contributed by atoms with Crippen LogP contribution < -0.4 is 21.3 Å². The van der Waals surface area contributed by atoms with E-state index in [1.54, 1.807) is 0 Å². The maximum atomic E-state index is 11.4. The topological polar surface area (TPSA) is 134 Å². The summed E-state index contributed by atoms with van der Waals surface area (Å²) in [6.07, 6.45) is 28.5. The smallest absolute Gasteiger partial charge is 0.222 e. The van der Waals surface area contributed by atoms with E-state index in [0.29, 0.717) is 49.0 Å². The molecule has 12 nitrogen and oxygen atoms in total. The van der Waals surface area contributed by atoms with Crippen molar-refractivity contribution in [1.29, 1.82) is 0 Å². The monoisotopic (exact) mass is 951 g/mol. The van der Waals surface area contributed by atoms with Gasteiger partial charge < -0.3 is 45.3 Å². The number of likely N-dealkylation sites (tertiary alicyclic amines) is 2. The summed E-state index contributed by atoms with van der Waals surface area (Å²) in [5, 5.41) is 12.5. The third-order valence-electron chi connectivity index (χ3n) is 13.1. The zero-order chi connectivity index (χ0) is 50.1. The molecule has 1 atom stereocenters. The number of hydrogen-bond acceptors (Lipinski definition) is 9. The van der Waals surface area contributed by atoms with Gasteiger partial charge in [0.15, 0.2) is 0 Å². The quantitative estimate of drug-likeness (QED) is 0.151. The van der Waals surface area contributed by atoms with Gasteiger partial charge in [-0.1, -0.05) is 99.3 Å². The fourth-order valence-corrected chi connectivity index (χ4v) is 9.22. The molecular formula is C55H110N6O6. The minimum Gasteiger partial charge on any atom is -0.376 e. The van der Waals surface area contributed by atoms with Gasteiger partial charge in [0, 0.05) is 55.6 Å². The molecule has 0 spiro atoms. The van der Waals surface area contributed by atoms with Crippen LogP contribution in [0.5, 0.6) is 0 Å². The van der Waals surface area contributed by atoms with E-state index in [4.69, 9.17) is 14.2 Å². The highest BCUT2D eigenvalue weighted by molar-refractivity contribution is 5.78. The van der Waals surface area contributed by atoms with Crippen LogP contribution in [0.1, 0.15) is 218 Å². The molecule has 0 bridgehead atoms. The normalized spacial score (nSPS) is 22.0. The van der Waals surface area contributed by atoms with Gasteiger partial charge in [-0.2, -0.15) is 0 Å². The van der Waals surface area contributed by atoms with Crippen molar-refractivity contribution in [2.75, 3.05) is 46.8 Å². The van der Waals surface area contributed by atoms with E-state index in [1.807, 2.05) is 41.5 Å². The number of amides is 3. The Labute approximate surface area is 413 Å². The molecule has 0 radical (unpaired) electrons. The highest BCUT2D eigenvalue weighted by Crippen LogP contribution is 2.22. The van der Waals surface area contributed by atoms with Gasteiger partial charge in [0.25, 0.3) is 0 Å². The average molecular weight is 952 g/mol. The minimum atomic E-state index is 0.111. The van der Waals surface area contributed by atoms with Crippen molar-refractivity contribution in [3.8, 4) is 0 Å². The molecule has 4 N–H and O–H groups in total. The van der Waals surface area contributed by atoms with Crippen LogP contribution in [0.15, 0.2) is 0 Å². The van der Waals surface area contributed by atoms with Crippen molar-refractivity contribution in [3.63, 3.8) is 0 Å². The molecule has 3 saturated heterocycles. The second-order valence-electron chi connectivity index (χ2n) is 22.2. The van der Waals surface area contributed by atoms with E-state index in [1.165, 1.54) is 122 Å². The Kier molecular flexibility index (Phi) is 35.8. The molecule has 1 unspecified atom stereocenters. The second kappa shape index (κ2) is 37.9. The second-order valence-corrected chi connectivity index (χ2v) is 22.2. The fourth-order valence-electron chi connectivity index (χ4n) is 9.22. The standard InChI is InChI=1S/C10H20N2O.C10H19NO.C9H19NO.C9H19N.C9H18O.C8H15NO2/c1-8(2)10(13)11-9-4-6-12(3)7-5-9;1-8(2)10(12)11-9-6-4-3-5-7-9;1-8(2)11-9-4-6-10(3)7-5-9;2*1-8(2)10-9-6-4-3-5-7-9;1-6(2)11-7-3-4-9-8(10)5-7/h8-9H,4-7H2,1-3H3,(H,11,13);8-9H,3-7H2,1-2H3,(H,11,12);8-9H,4-7H2,1-3H3;8-10H,3-7H2,1-2H3;8-9H,3-7H2,1-2H3;6-7H,3-5H2,1-2H3,(H,9,10). The summed E-state index contributed by atoms with van der Waals surface area (Å²) < 4.78 is 16.9. The summed E-state index contributed by atoms with van der Waals surface area (Å²) in [6.45, 7) is 30.0. The molecule has 3 heterocycles. The fraction of sp³-hybridized carbons (Fsp3) is 0.945. The predicted octanol–water partition coefficient (Wildman–Crippen LogP) is 10.2. The Morgan fingerprint density at radius 2 is 0.836 bits per heavy atom. The number of nitrogens with one attached hydrogen (secondary N) is 4. The molecule has 3 aliphatic heterocycles. The van der Waals surface area contributed by atoms with Crippen molar-refractivity contribution in [3.05, 3.63) is 0 Å². The molecule has 3 saturated carbocycles. The van der Waals surface area contributed by atoms with Gasteiger partial charge >= 0.3 is 0 Å². The highest BCUT2D eigenvalue weighted by atomic mass is 16.5. The molecule has 6 rings (SSSR count). The summed E-state index contributed by atoms with van der Waals surface area (Å²) in [5.41, 5.74) is 0. The molecule has 0 aromatic carbocycles. The van der Waals surface area contributed by atoms with E-state index in [9.17, 15) is 14.4 Å². The van der Waals surface area contributed by atoms with Crippen molar-refractivity contribution in [1.82, 2.24) is 31.1 Å². The predicted molar refractivity (Wildman–Crippen MR) is 281 cm³/mol. The van der Waals surface area contributed by atoms with Crippen molar-refractivity contribution >= 4 is 17.7 Å². The largest absolute Gasteiger partial charge is 0.376 e. The number of piperidine rings is 3. The lowest BCUT2D eigenvalue weighted by atomic mass is 9.95. The van der Waals surface area contributed by atoms with Crippen LogP contribution in [0.25, 0.3) is 0 Å². The zero-order valence-corrected chi connectivity index (χ0v) is 46.2. The van der Waals surface area contributed by atoms with Gasteiger partial charge in [-0.25, -0.2) is 0 Å². The molecule has 0 aromatic heterocycles. The Bertz CT molecular complexity index is 1190. The van der Waals surface area contributed by atoms with Crippen molar-refractivity contribution in [2.24, 2.45) is 11.8 Å². The Balaban J connectivity index is 0.000000403. The number of nitrogens with zero attached hydrogens (tertiary/aromatic N) is 2. The summed E-state index contributed by atoms with van der Waals surface area (Å²) >= 11 is 0. The maximum Gasteiger partial charge on any atom is 0.222 e. The molecule has 6 aliphatic rings. The minimum absolute atomic E-state index is 0.111. The highest BCUT2D eigenvalue weighted by Gasteiger charge is 2.22. The molecule has 396 valence electrons. The van der Waals surface area contributed by atoms with Gasteiger partial charge in [0.2, 0.25) is 17.7 Å². The molecule has 3 amide bonds. The van der Waals surface area contributed by atoms with Crippen LogP contribution in [0.3, 0.4) is 0 Å². The van der Waals surface area contributed by atoms with Gasteiger partial charge in [0.05, 0.1) is 43.0 Å². The van der Waals surface area contributed by atoms with E-state index in [0.717, 1.165) is 44.9 Å². The first-order valence-corrected chi connectivity index (χ1v) is 27.7. The van der Waals surface area contributed by atoms with Crippen molar-refractivity contribution in [2.45, 2.75) is 279 Å². The van der Waals surface area contributed by atoms with E-state index in [-0.39, 0.29) is 41.8 Å². The van der Waals surface area contributed by atoms with Gasteiger partial charge in [-0.3, -0.25) is 14.4 Å². The number of ether oxygens (including phenoxy) is 3. The summed E-state index contributed by atoms with van der Waals surface area (Å²) in [6, 6.07) is 2.37. The van der Waals surface area contributed by atoms with Crippen molar-refractivity contribution < 1.29 is 28.6 Å². The zero-order valence-electron chi connectivity index (χ0n) is 46.2. The van der Waals surface area contributed by atoms with Crippen LogP contribution in [-0.2, 0) is 28.6 Å². The lowest BCUT2D eigenvalue weighted by molar-refractivity contribution is -0.128. The number of hydrogen-bond donors (Lipinski definition) is 4. The SMILES string of the molecule is CC(C)C(=O)NC1CCCCC1.CC(C)C(=O)NC1CCN(C)CC1.CC(C)NC1CCCCC1.CC(C)OC1CCCCC1.CC(C)OC1CCN(C)CC1.CC(C)OC1CCNC(=O)C1. The van der Waals surface area contributed by atoms with Gasteiger partial charge in [-0.05, 0) is 139 Å². The maximum absolute atomic E-state index is 11.4. The first kappa shape index (κ1) is 63.2. The van der Waals surface area contributed by atoms with Crippen LogP contribution in [0, 0.1) is 11.8 Å². The Morgan fingerprint density at radius 1 is 0.478 bits per heavy atom. The Morgan fingerprint density at radius 3 is 1.22 bits per heavy atom. The lowest BCUT2D eigenvalue weighted by Crippen LogP contribution is -2.44. The lowest BCUT2D eigenvalue weighted by Gasteiger charge is -2.30. The molecule has 0 aromatic rings. The molecule has 67 heavy (non-hydrogen) atoms. The van der Waals surface area contributed by atoms with Crippen LogP contribution in [0.4, 0.5) is 0 Å². The Hall–Kier alpha value is -1.83. The summed E-state index contributed by atoms with van der Waals surface area (Å²) in [7, 11) is 4.30. The van der Waals surface area contributed by atoms with Crippen LogP contribution >= 0.6 is 0 Å². The van der Waals surface area contributed by atoms with E-state index < -0.39 is 0 Å². The average Bonchev–Trinajstić information content (AvgIpc) is 3.27. The molecule has 3 aliphatic carbocycles. The van der Waals surface area contributed by atoms with E-state index in [2.05, 4.69) is 86.7 Å². The molecule has 6 fully saturated rings. The van der Waals surface area contributed by atoms with Crippen LogP contribution in [0.2, 0.25) is 0 Å².